The van der Waals surface area contributed by atoms with E-state index in [4.69, 9.17) is 4.74 Å². The van der Waals surface area contributed by atoms with Crippen LogP contribution in [0.1, 0.15) is 33.3 Å². The molecule has 1 aromatic carbocycles. The first-order chi connectivity index (χ1) is 10.9. The lowest BCUT2D eigenvalue weighted by atomic mass is 10.1. The van der Waals surface area contributed by atoms with Crippen LogP contribution in [0.4, 0.5) is 11.4 Å². The molecule has 1 aliphatic heterocycles. The van der Waals surface area contributed by atoms with Gasteiger partial charge in [-0.3, -0.25) is 15.0 Å². The number of hydrogen-bond donors (Lipinski definition) is 1. The number of nitrogens with one attached hydrogen (secondary N) is 1. The normalized spacial score (nSPS) is 17.7. The summed E-state index contributed by atoms with van der Waals surface area (Å²) < 4.78 is 5.70. The summed E-state index contributed by atoms with van der Waals surface area (Å²) in [5, 5.41) is 14.6. The van der Waals surface area contributed by atoms with Gasteiger partial charge >= 0.3 is 0 Å². The van der Waals surface area contributed by atoms with Crippen LogP contribution < -0.4 is 10.1 Å². The highest BCUT2D eigenvalue weighted by atomic mass is 16.6. The molecule has 1 aliphatic rings. The Hall–Kier alpha value is -2.08. The number of allylic oxidation sites excluding steroid dienone is 1. The molecule has 0 fully saturated rings. The van der Waals surface area contributed by atoms with Crippen molar-refractivity contribution in [2.45, 2.75) is 40.3 Å². The minimum Gasteiger partial charge on any atom is -0.493 e. The summed E-state index contributed by atoms with van der Waals surface area (Å²) in [5.41, 5.74) is 2.83. The van der Waals surface area contributed by atoms with Gasteiger partial charge in [0.2, 0.25) is 0 Å². The molecular formula is C17H25N3O3. The van der Waals surface area contributed by atoms with E-state index in [1.54, 1.807) is 6.07 Å². The summed E-state index contributed by atoms with van der Waals surface area (Å²) in [6.07, 6.45) is 2.18. The maximum Gasteiger partial charge on any atom is 0.292 e. The van der Waals surface area contributed by atoms with Gasteiger partial charge in [-0.2, -0.15) is 0 Å². The van der Waals surface area contributed by atoms with Crippen LogP contribution in [0.2, 0.25) is 0 Å². The highest BCUT2D eigenvalue weighted by Crippen LogP contribution is 2.38. The molecule has 0 saturated heterocycles. The molecule has 23 heavy (non-hydrogen) atoms. The first-order valence-electron chi connectivity index (χ1n) is 7.98. The fourth-order valence-corrected chi connectivity index (χ4v) is 2.70. The molecule has 2 rings (SSSR count). The molecule has 6 heteroatoms. The molecule has 0 amide bonds. The van der Waals surface area contributed by atoms with Crippen molar-refractivity contribution in [3.8, 4) is 5.75 Å². The summed E-state index contributed by atoms with van der Waals surface area (Å²) >= 11 is 0. The third kappa shape index (κ3) is 4.01. The summed E-state index contributed by atoms with van der Waals surface area (Å²) in [5.74, 6) is 0.719. The maximum atomic E-state index is 11.3. The lowest BCUT2D eigenvalue weighted by Crippen LogP contribution is -2.35. The van der Waals surface area contributed by atoms with Crippen molar-refractivity contribution in [2.75, 3.05) is 25.0 Å². The van der Waals surface area contributed by atoms with Crippen LogP contribution in [0, 0.1) is 10.1 Å². The second kappa shape index (κ2) is 7.46. The van der Waals surface area contributed by atoms with E-state index in [1.165, 1.54) is 11.6 Å². The van der Waals surface area contributed by atoms with E-state index in [0.717, 1.165) is 17.9 Å². The van der Waals surface area contributed by atoms with Crippen molar-refractivity contribution >= 4 is 11.4 Å². The number of ether oxygens (including phenoxy) is 1. The molecule has 1 atom stereocenters. The highest BCUT2D eigenvalue weighted by molar-refractivity contribution is 5.70. The highest BCUT2D eigenvalue weighted by Gasteiger charge is 2.28. The first-order valence-corrected chi connectivity index (χ1v) is 7.98. The summed E-state index contributed by atoms with van der Waals surface area (Å²) in [4.78, 5) is 13.3. The minimum atomic E-state index is -0.335. The SMILES string of the molecule is CCOc1ccc([N+](=O)[O-])c2c1CN(CC=C(C)C)[C@@H](C)CN2. The summed E-state index contributed by atoms with van der Waals surface area (Å²) in [7, 11) is 0. The van der Waals surface area contributed by atoms with Crippen molar-refractivity contribution in [1.29, 1.82) is 0 Å². The number of nitrogens with zero attached hydrogens (tertiary/aromatic N) is 2. The third-order valence-corrected chi connectivity index (χ3v) is 4.04. The van der Waals surface area contributed by atoms with Crippen LogP contribution in [0.15, 0.2) is 23.8 Å². The number of nitro benzene ring substituents is 1. The molecule has 0 saturated carbocycles. The number of anilines is 1. The molecule has 1 aromatic rings. The Balaban J connectivity index is 2.44. The second-order valence-electron chi connectivity index (χ2n) is 6.07. The predicted molar refractivity (Wildman–Crippen MR) is 92.1 cm³/mol. The van der Waals surface area contributed by atoms with E-state index in [-0.39, 0.29) is 16.7 Å². The molecule has 0 aromatic heterocycles. The largest absolute Gasteiger partial charge is 0.493 e. The Kier molecular flexibility index (Phi) is 5.60. The molecule has 1 N–H and O–H groups in total. The van der Waals surface area contributed by atoms with Crippen molar-refractivity contribution in [2.24, 2.45) is 0 Å². The molecule has 0 bridgehead atoms. The van der Waals surface area contributed by atoms with Crippen molar-refractivity contribution < 1.29 is 9.66 Å². The molecule has 0 spiro atoms. The Bertz CT molecular complexity index is 609. The number of nitro groups is 1. The maximum absolute atomic E-state index is 11.3. The fourth-order valence-electron chi connectivity index (χ4n) is 2.70. The van der Waals surface area contributed by atoms with Crippen LogP contribution in [0.3, 0.4) is 0 Å². The molecule has 0 radical (unpaired) electrons. The van der Waals surface area contributed by atoms with E-state index >= 15 is 0 Å². The molecular weight excluding hydrogens is 294 g/mol. The van der Waals surface area contributed by atoms with Gasteiger partial charge in [-0.05, 0) is 33.8 Å². The second-order valence-corrected chi connectivity index (χ2v) is 6.07. The Labute approximate surface area is 137 Å². The standard InChI is InChI=1S/C17H25N3O3/c1-5-23-16-7-6-15(20(21)22)17-14(16)11-19(9-8-12(2)3)13(4)10-18-17/h6-8,13,18H,5,9-11H2,1-4H3/t13-/m0/s1. The van der Waals surface area contributed by atoms with Gasteiger partial charge in [0, 0.05) is 37.3 Å². The number of fused-ring (bicyclic) bond motifs is 1. The Morgan fingerprint density at radius 3 is 2.87 bits per heavy atom. The predicted octanol–water partition coefficient (Wildman–Crippen LogP) is 3.58. The van der Waals surface area contributed by atoms with Crippen LogP contribution in [0.5, 0.6) is 5.75 Å². The van der Waals surface area contributed by atoms with Crippen molar-refractivity contribution in [3.63, 3.8) is 0 Å². The zero-order valence-corrected chi connectivity index (χ0v) is 14.3. The molecule has 0 aliphatic carbocycles. The van der Waals surface area contributed by atoms with Gasteiger partial charge in [0.15, 0.2) is 0 Å². The van der Waals surface area contributed by atoms with Gasteiger partial charge in [-0.1, -0.05) is 11.6 Å². The molecule has 6 nitrogen and oxygen atoms in total. The quantitative estimate of drug-likeness (QED) is 0.510. The third-order valence-electron chi connectivity index (χ3n) is 4.04. The van der Waals surface area contributed by atoms with Gasteiger partial charge in [0.1, 0.15) is 11.4 Å². The average Bonchev–Trinajstić information content (AvgIpc) is 2.65. The Morgan fingerprint density at radius 2 is 2.26 bits per heavy atom. The minimum absolute atomic E-state index is 0.111. The van der Waals surface area contributed by atoms with Crippen LogP contribution in [-0.2, 0) is 6.54 Å². The topological polar surface area (TPSA) is 67.6 Å². The van der Waals surface area contributed by atoms with E-state index in [2.05, 4.69) is 37.1 Å². The monoisotopic (exact) mass is 319 g/mol. The summed E-state index contributed by atoms with van der Waals surface area (Å²) in [6, 6.07) is 3.50. The lowest BCUT2D eigenvalue weighted by molar-refractivity contribution is -0.384. The van der Waals surface area contributed by atoms with Gasteiger partial charge < -0.3 is 10.1 Å². The van der Waals surface area contributed by atoms with Crippen LogP contribution in [0.25, 0.3) is 0 Å². The van der Waals surface area contributed by atoms with Crippen LogP contribution >= 0.6 is 0 Å². The van der Waals surface area contributed by atoms with Gasteiger partial charge in [0.25, 0.3) is 5.69 Å². The molecule has 0 unspecified atom stereocenters. The molecule has 126 valence electrons. The van der Waals surface area contributed by atoms with Gasteiger partial charge in [-0.25, -0.2) is 0 Å². The number of rotatable bonds is 5. The first kappa shape index (κ1) is 17.3. The number of benzene rings is 1. The number of hydrogen-bond acceptors (Lipinski definition) is 5. The fraction of sp³-hybridized carbons (Fsp3) is 0.529. The Morgan fingerprint density at radius 1 is 1.52 bits per heavy atom. The lowest BCUT2D eigenvalue weighted by Gasteiger charge is -2.25. The van der Waals surface area contributed by atoms with Crippen LogP contribution in [-0.4, -0.2) is 35.6 Å². The van der Waals surface area contributed by atoms with E-state index in [0.29, 0.717) is 25.4 Å². The average molecular weight is 319 g/mol. The van der Waals surface area contributed by atoms with Crippen molar-refractivity contribution in [1.82, 2.24) is 4.90 Å². The van der Waals surface area contributed by atoms with Crippen molar-refractivity contribution in [3.05, 3.63) is 39.5 Å². The van der Waals surface area contributed by atoms with Gasteiger partial charge in [-0.15, -0.1) is 0 Å². The zero-order valence-electron chi connectivity index (χ0n) is 14.3. The smallest absolute Gasteiger partial charge is 0.292 e. The molecule has 1 heterocycles. The van der Waals surface area contributed by atoms with E-state index in [1.807, 2.05) is 6.92 Å². The van der Waals surface area contributed by atoms with Gasteiger partial charge in [0.05, 0.1) is 11.5 Å². The summed E-state index contributed by atoms with van der Waals surface area (Å²) in [6.45, 7) is 10.8. The zero-order chi connectivity index (χ0) is 17.0. The van der Waals surface area contributed by atoms with E-state index < -0.39 is 0 Å². The van der Waals surface area contributed by atoms with E-state index in [9.17, 15) is 10.1 Å².